The summed E-state index contributed by atoms with van der Waals surface area (Å²) in [5.74, 6) is 0.0156. The van der Waals surface area contributed by atoms with Crippen LogP contribution in [0.25, 0.3) is 0 Å². The van der Waals surface area contributed by atoms with Crippen LogP contribution >= 0.6 is 0 Å². The maximum atomic E-state index is 13.1. The van der Waals surface area contributed by atoms with E-state index < -0.39 is 0 Å². The predicted molar refractivity (Wildman–Crippen MR) is 105 cm³/mol. The van der Waals surface area contributed by atoms with E-state index in [1.165, 1.54) is 24.3 Å². The second-order valence-corrected chi connectivity index (χ2v) is 6.95. The third-order valence-corrected chi connectivity index (χ3v) is 5.06. The van der Waals surface area contributed by atoms with Crippen LogP contribution in [0.1, 0.15) is 28.8 Å². The van der Waals surface area contributed by atoms with Gasteiger partial charge in [-0.1, -0.05) is 18.2 Å². The number of para-hydroxylation sites is 1. The minimum atomic E-state index is -0.373. The molecular weight excluding hydrogens is 359 g/mol. The van der Waals surface area contributed by atoms with E-state index >= 15 is 0 Å². The van der Waals surface area contributed by atoms with Crippen LogP contribution in [0.3, 0.4) is 0 Å². The van der Waals surface area contributed by atoms with Gasteiger partial charge in [0.25, 0.3) is 5.91 Å². The number of nitrogens with one attached hydrogen (secondary N) is 1. The van der Waals surface area contributed by atoms with Crippen molar-refractivity contribution in [2.45, 2.75) is 19.3 Å². The van der Waals surface area contributed by atoms with Crippen LogP contribution in [-0.4, -0.2) is 43.5 Å². The highest BCUT2D eigenvalue weighted by Crippen LogP contribution is 2.20. The molecular formula is C22H25FN2O3. The minimum Gasteiger partial charge on any atom is -0.496 e. The van der Waals surface area contributed by atoms with E-state index in [1.807, 2.05) is 24.3 Å². The first-order valence-electron chi connectivity index (χ1n) is 9.53. The summed E-state index contributed by atoms with van der Waals surface area (Å²) in [4.78, 5) is 26.9. The van der Waals surface area contributed by atoms with Gasteiger partial charge < -0.3 is 15.0 Å². The molecule has 0 spiro atoms. The van der Waals surface area contributed by atoms with Gasteiger partial charge in [-0.25, -0.2) is 4.39 Å². The number of methoxy groups -OCH3 is 1. The molecule has 0 aliphatic carbocycles. The van der Waals surface area contributed by atoms with Crippen LogP contribution in [0.4, 0.5) is 4.39 Å². The van der Waals surface area contributed by atoms with Crippen molar-refractivity contribution >= 4 is 11.8 Å². The molecule has 1 atom stereocenters. The number of carbonyl (C=O) groups excluding carboxylic acids is 2. The molecule has 1 heterocycles. The first-order chi connectivity index (χ1) is 13.6. The number of carbonyl (C=O) groups is 2. The second kappa shape index (κ2) is 9.35. The first-order valence-corrected chi connectivity index (χ1v) is 9.53. The molecule has 0 aromatic heterocycles. The highest BCUT2D eigenvalue weighted by molar-refractivity contribution is 5.94. The number of piperidine rings is 1. The van der Waals surface area contributed by atoms with E-state index in [9.17, 15) is 14.0 Å². The fourth-order valence-electron chi connectivity index (χ4n) is 3.52. The number of likely N-dealkylation sites (tertiary alicyclic amines) is 1. The lowest BCUT2D eigenvalue weighted by atomic mass is 9.96. The van der Waals surface area contributed by atoms with Gasteiger partial charge in [0, 0.05) is 25.2 Å². The van der Waals surface area contributed by atoms with Gasteiger partial charge in [-0.05, 0) is 55.2 Å². The Kier molecular flexibility index (Phi) is 6.63. The zero-order chi connectivity index (χ0) is 19.9. The summed E-state index contributed by atoms with van der Waals surface area (Å²) < 4.78 is 18.4. The average molecular weight is 384 g/mol. The Labute approximate surface area is 164 Å². The van der Waals surface area contributed by atoms with Gasteiger partial charge in [0.1, 0.15) is 11.6 Å². The van der Waals surface area contributed by atoms with Crippen molar-refractivity contribution in [2.75, 3.05) is 26.7 Å². The largest absolute Gasteiger partial charge is 0.496 e. The van der Waals surface area contributed by atoms with Crippen molar-refractivity contribution < 1.29 is 18.7 Å². The van der Waals surface area contributed by atoms with Crippen LogP contribution in [0, 0.1) is 11.7 Å². The standard InChI is InChI=1S/C22H25FN2O3/c1-28-20-7-3-2-5-16(20)12-13-24-21(26)18-6-4-14-25(15-18)22(27)17-8-10-19(23)11-9-17/h2-3,5,7-11,18H,4,6,12-15H2,1H3,(H,24,26). The van der Waals surface area contributed by atoms with Crippen molar-refractivity contribution in [3.63, 3.8) is 0 Å². The van der Waals surface area contributed by atoms with Crippen LogP contribution in [0.2, 0.25) is 0 Å². The van der Waals surface area contributed by atoms with Crippen LogP contribution in [0.15, 0.2) is 48.5 Å². The molecule has 1 aliphatic rings. The van der Waals surface area contributed by atoms with Crippen molar-refractivity contribution in [2.24, 2.45) is 5.92 Å². The number of hydrogen-bond acceptors (Lipinski definition) is 3. The highest BCUT2D eigenvalue weighted by Gasteiger charge is 2.28. The topological polar surface area (TPSA) is 58.6 Å². The lowest BCUT2D eigenvalue weighted by Gasteiger charge is -2.32. The van der Waals surface area contributed by atoms with Crippen molar-refractivity contribution in [3.05, 3.63) is 65.5 Å². The van der Waals surface area contributed by atoms with E-state index in [0.717, 1.165) is 24.2 Å². The van der Waals surface area contributed by atoms with E-state index in [0.29, 0.717) is 31.6 Å². The molecule has 1 unspecified atom stereocenters. The fraction of sp³-hybridized carbons (Fsp3) is 0.364. The Balaban J connectivity index is 1.52. The SMILES string of the molecule is COc1ccccc1CCNC(=O)C1CCCN(C(=O)c2ccc(F)cc2)C1. The maximum absolute atomic E-state index is 13.1. The zero-order valence-electron chi connectivity index (χ0n) is 16.0. The quantitative estimate of drug-likeness (QED) is 0.833. The summed E-state index contributed by atoms with van der Waals surface area (Å²) in [6.07, 6.45) is 2.21. The van der Waals surface area contributed by atoms with Gasteiger partial charge in [0.15, 0.2) is 0 Å². The van der Waals surface area contributed by atoms with Gasteiger partial charge in [0.2, 0.25) is 5.91 Å². The molecule has 28 heavy (non-hydrogen) atoms. The van der Waals surface area contributed by atoms with Gasteiger partial charge in [0.05, 0.1) is 13.0 Å². The Morgan fingerprint density at radius 3 is 2.68 bits per heavy atom. The number of nitrogens with zero attached hydrogens (tertiary/aromatic N) is 1. The third kappa shape index (κ3) is 4.88. The molecule has 5 nitrogen and oxygen atoms in total. The van der Waals surface area contributed by atoms with Crippen molar-refractivity contribution in [1.82, 2.24) is 10.2 Å². The Morgan fingerprint density at radius 1 is 1.18 bits per heavy atom. The van der Waals surface area contributed by atoms with Crippen molar-refractivity contribution in [1.29, 1.82) is 0 Å². The van der Waals surface area contributed by atoms with Gasteiger partial charge >= 0.3 is 0 Å². The Hall–Kier alpha value is -2.89. The molecule has 3 rings (SSSR count). The molecule has 2 amide bonds. The van der Waals surface area contributed by atoms with E-state index in [-0.39, 0.29) is 23.5 Å². The average Bonchev–Trinajstić information content (AvgIpc) is 2.74. The molecule has 0 saturated carbocycles. The molecule has 1 aliphatic heterocycles. The molecule has 2 aromatic carbocycles. The van der Waals surface area contributed by atoms with Crippen molar-refractivity contribution in [3.8, 4) is 5.75 Å². The summed E-state index contributed by atoms with van der Waals surface area (Å²) in [6.45, 7) is 1.51. The summed E-state index contributed by atoms with van der Waals surface area (Å²) in [5.41, 5.74) is 1.49. The fourth-order valence-corrected chi connectivity index (χ4v) is 3.52. The van der Waals surface area contributed by atoms with Gasteiger partial charge in [-0.2, -0.15) is 0 Å². The van der Waals surface area contributed by atoms with Crippen LogP contribution in [-0.2, 0) is 11.2 Å². The molecule has 148 valence electrons. The zero-order valence-corrected chi connectivity index (χ0v) is 16.0. The van der Waals surface area contributed by atoms with Crippen LogP contribution < -0.4 is 10.1 Å². The van der Waals surface area contributed by atoms with E-state index in [4.69, 9.17) is 4.74 Å². The molecule has 6 heteroatoms. The van der Waals surface area contributed by atoms with Gasteiger partial charge in [-0.15, -0.1) is 0 Å². The molecule has 1 fully saturated rings. The third-order valence-electron chi connectivity index (χ3n) is 5.06. The summed E-state index contributed by atoms with van der Waals surface area (Å²) in [6, 6.07) is 13.3. The lowest BCUT2D eigenvalue weighted by Crippen LogP contribution is -2.45. The minimum absolute atomic E-state index is 0.0356. The molecule has 0 radical (unpaired) electrons. The molecule has 1 saturated heterocycles. The number of benzene rings is 2. The number of halogens is 1. The highest BCUT2D eigenvalue weighted by atomic mass is 19.1. The lowest BCUT2D eigenvalue weighted by molar-refractivity contribution is -0.126. The monoisotopic (exact) mass is 384 g/mol. The predicted octanol–water partition coefficient (Wildman–Crippen LogP) is 3.05. The van der Waals surface area contributed by atoms with E-state index in [2.05, 4.69) is 5.32 Å². The Morgan fingerprint density at radius 2 is 1.93 bits per heavy atom. The molecule has 1 N–H and O–H groups in total. The number of ether oxygens (including phenoxy) is 1. The summed E-state index contributed by atoms with van der Waals surface area (Å²) in [7, 11) is 1.63. The smallest absolute Gasteiger partial charge is 0.253 e. The summed E-state index contributed by atoms with van der Waals surface area (Å²) >= 11 is 0. The molecule has 0 bridgehead atoms. The normalized spacial score (nSPS) is 16.5. The first kappa shape index (κ1) is 19.9. The number of rotatable bonds is 6. The summed E-state index contributed by atoms with van der Waals surface area (Å²) in [5, 5.41) is 2.98. The van der Waals surface area contributed by atoms with Gasteiger partial charge in [-0.3, -0.25) is 9.59 Å². The Bertz CT molecular complexity index is 823. The van der Waals surface area contributed by atoms with Crippen LogP contribution in [0.5, 0.6) is 5.75 Å². The number of hydrogen-bond donors (Lipinski definition) is 1. The van der Waals surface area contributed by atoms with E-state index in [1.54, 1.807) is 12.0 Å². The molecule has 2 aromatic rings. The number of amides is 2. The second-order valence-electron chi connectivity index (χ2n) is 6.95. The maximum Gasteiger partial charge on any atom is 0.253 e.